The van der Waals surface area contributed by atoms with Crippen molar-refractivity contribution in [3.05, 3.63) is 89.5 Å². The van der Waals surface area contributed by atoms with Crippen molar-refractivity contribution in [1.29, 1.82) is 0 Å². The average Bonchev–Trinajstić information content (AvgIpc) is 3.01. The molecule has 3 aromatic rings. The van der Waals surface area contributed by atoms with Crippen LogP contribution in [0.4, 0.5) is 0 Å². The molecule has 1 fully saturated rings. The molecule has 1 saturated heterocycles. The van der Waals surface area contributed by atoms with E-state index >= 15 is 0 Å². The SMILES string of the molecule is COc1cccc(CC(=O)N2CCNC(=O)C(Cc3cccc(-c4ccccc4C)c3)C2)c1. The van der Waals surface area contributed by atoms with Crippen LogP contribution in [0.25, 0.3) is 11.1 Å². The smallest absolute Gasteiger partial charge is 0.227 e. The number of rotatable bonds is 6. The second kappa shape index (κ2) is 10.3. The third kappa shape index (κ3) is 5.61. The standard InChI is InChI=1S/C28H30N2O3/c1-20-7-3-4-12-26(20)23-10-5-8-21(15-23)16-24-19-30(14-13-29-28(24)32)27(31)18-22-9-6-11-25(17-22)33-2/h3-12,15,17,24H,13-14,16,18-19H2,1-2H3,(H,29,32). The first kappa shape index (κ1) is 22.6. The Kier molecular flexibility index (Phi) is 7.08. The summed E-state index contributed by atoms with van der Waals surface area (Å²) in [6.45, 7) is 3.52. The second-order valence-electron chi connectivity index (χ2n) is 8.58. The Bertz CT molecular complexity index is 1140. The molecule has 4 rings (SSSR count). The minimum Gasteiger partial charge on any atom is -0.497 e. The molecule has 0 aliphatic carbocycles. The highest BCUT2D eigenvalue weighted by Crippen LogP contribution is 2.25. The van der Waals surface area contributed by atoms with E-state index in [9.17, 15) is 9.59 Å². The maximum absolute atomic E-state index is 13.0. The van der Waals surface area contributed by atoms with Crippen molar-refractivity contribution in [2.45, 2.75) is 19.8 Å². The van der Waals surface area contributed by atoms with E-state index in [2.05, 4.69) is 42.6 Å². The van der Waals surface area contributed by atoms with Gasteiger partial charge in [-0.15, -0.1) is 0 Å². The average molecular weight is 443 g/mol. The Labute approximate surface area is 195 Å². The van der Waals surface area contributed by atoms with Gasteiger partial charge in [0.2, 0.25) is 11.8 Å². The highest BCUT2D eigenvalue weighted by atomic mass is 16.5. The fourth-order valence-corrected chi connectivity index (χ4v) is 4.40. The van der Waals surface area contributed by atoms with Gasteiger partial charge in [0, 0.05) is 19.6 Å². The van der Waals surface area contributed by atoms with Crippen LogP contribution in [0.5, 0.6) is 5.75 Å². The lowest BCUT2D eigenvalue weighted by Gasteiger charge is -2.23. The molecule has 5 heteroatoms. The van der Waals surface area contributed by atoms with Crippen LogP contribution >= 0.6 is 0 Å². The first-order valence-corrected chi connectivity index (χ1v) is 11.4. The molecule has 0 aromatic heterocycles. The third-order valence-corrected chi connectivity index (χ3v) is 6.20. The Balaban J connectivity index is 1.48. The molecule has 1 unspecified atom stereocenters. The number of carbonyl (C=O) groups excluding carboxylic acids is 2. The number of nitrogens with zero attached hydrogens (tertiary/aromatic N) is 1. The summed E-state index contributed by atoms with van der Waals surface area (Å²) >= 11 is 0. The highest BCUT2D eigenvalue weighted by Gasteiger charge is 2.28. The van der Waals surface area contributed by atoms with Crippen LogP contribution in [0, 0.1) is 12.8 Å². The van der Waals surface area contributed by atoms with Gasteiger partial charge in [-0.05, 0) is 53.3 Å². The Morgan fingerprint density at radius 1 is 1.03 bits per heavy atom. The number of hydrogen-bond acceptors (Lipinski definition) is 3. The lowest BCUT2D eigenvalue weighted by atomic mass is 9.94. The normalized spacial score (nSPS) is 16.1. The zero-order valence-corrected chi connectivity index (χ0v) is 19.2. The van der Waals surface area contributed by atoms with Crippen LogP contribution in [0.15, 0.2) is 72.8 Å². The predicted octanol–water partition coefficient (Wildman–Crippen LogP) is 4.03. The van der Waals surface area contributed by atoms with Gasteiger partial charge in [0.15, 0.2) is 0 Å². The van der Waals surface area contributed by atoms with E-state index in [4.69, 9.17) is 4.74 Å². The van der Waals surface area contributed by atoms with Crippen molar-refractivity contribution in [2.24, 2.45) is 5.92 Å². The fraction of sp³-hybridized carbons (Fsp3) is 0.286. The van der Waals surface area contributed by atoms with E-state index < -0.39 is 0 Å². The maximum Gasteiger partial charge on any atom is 0.227 e. The number of amides is 2. The largest absolute Gasteiger partial charge is 0.497 e. The Hall–Kier alpha value is -3.60. The summed E-state index contributed by atoms with van der Waals surface area (Å²) in [4.78, 5) is 27.6. The van der Waals surface area contributed by atoms with E-state index in [-0.39, 0.29) is 17.7 Å². The summed E-state index contributed by atoms with van der Waals surface area (Å²) in [5, 5.41) is 2.98. The van der Waals surface area contributed by atoms with Crippen LogP contribution in [0.2, 0.25) is 0 Å². The number of nitrogens with one attached hydrogen (secondary N) is 1. The lowest BCUT2D eigenvalue weighted by Crippen LogP contribution is -2.38. The molecule has 1 heterocycles. The molecule has 5 nitrogen and oxygen atoms in total. The minimum atomic E-state index is -0.283. The van der Waals surface area contributed by atoms with Crippen LogP contribution in [-0.2, 0) is 22.4 Å². The minimum absolute atomic E-state index is 0.00738. The zero-order chi connectivity index (χ0) is 23.2. The van der Waals surface area contributed by atoms with Crippen molar-refractivity contribution >= 4 is 11.8 Å². The number of benzene rings is 3. The van der Waals surface area contributed by atoms with Crippen LogP contribution in [-0.4, -0.2) is 43.5 Å². The van der Waals surface area contributed by atoms with Gasteiger partial charge in [0.1, 0.15) is 5.75 Å². The van der Waals surface area contributed by atoms with E-state index in [1.54, 1.807) is 7.11 Å². The molecule has 1 aliphatic heterocycles. The van der Waals surface area contributed by atoms with Gasteiger partial charge in [0.25, 0.3) is 0 Å². The lowest BCUT2D eigenvalue weighted by molar-refractivity contribution is -0.131. The Morgan fingerprint density at radius 2 is 1.82 bits per heavy atom. The molecule has 0 radical (unpaired) electrons. The summed E-state index contributed by atoms with van der Waals surface area (Å²) in [6.07, 6.45) is 0.884. The molecule has 3 aromatic carbocycles. The first-order chi connectivity index (χ1) is 16.0. The topological polar surface area (TPSA) is 58.6 Å². The third-order valence-electron chi connectivity index (χ3n) is 6.20. The molecule has 2 amide bonds. The molecule has 1 atom stereocenters. The van der Waals surface area contributed by atoms with Gasteiger partial charge in [-0.3, -0.25) is 9.59 Å². The van der Waals surface area contributed by atoms with Crippen molar-refractivity contribution in [3.63, 3.8) is 0 Å². The van der Waals surface area contributed by atoms with Gasteiger partial charge < -0.3 is 15.0 Å². The summed E-state index contributed by atoms with van der Waals surface area (Å²) in [5.41, 5.74) is 5.56. The van der Waals surface area contributed by atoms with Crippen LogP contribution in [0.1, 0.15) is 16.7 Å². The van der Waals surface area contributed by atoms with Crippen molar-refractivity contribution in [1.82, 2.24) is 10.2 Å². The fourth-order valence-electron chi connectivity index (χ4n) is 4.40. The quantitative estimate of drug-likeness (QED) is 0.627. The summed E-state index contributed by atoms with van der Waals surface area (Å²) in [7, 11) is 1.62. The summed E-state index contributed by atoms with van der Waals surface area (Å²) in [5.74, 6) is 0.486. The molecule has 0 bridgehead atoms. The molecule has 33 heavy (non-hydrogen) atoms. The number of aryl methyl sites for hydroxylation is 1. The first-order valence-electron chi connectivity index (χ1n) is 11.4. The van der Waals surface area contributed by atoms with E-state index in [0.29, 0.717) is 32.5 Å². The molecule has 0 saturated carbocycles. The van der Waals surface area contributed by atoms with E-state index in [0.717, 1.165) is 22.4 Å². The summed E-state index contributed by atoms with van der Waals surface area (Å²) in [6, 6.07) is 24.2. The predicted molar refractivity (Wildman–Crippen MR) is 130 cm³/mol. The van der Waals surface area contributed by atoms with Gasteiger partial charge in [-0.2, -0.15) is 0 Å². The van der Waals surface area contributed by atoms with Gasteiger partial charge in [-0.25, -0.2) is 0 Å². The van der Waals surface area contributed by atoms with Crippen molar-refractivity contribution < 1.29 is 14.3 Å². The zero-order valence-electron chi connectivity index (χ0n) is 19.2. The molecule has 1 aliphatic rings. The number of hydrogen-bond donors (Lipinski definition) is 1. The van der Waals surface area contributed by atoms with E-state index in [1.165, 1.54) is 11.1 Å². The van der Waals surface area contributed by atoms with Crippen molar-refractivity contribution in [2.75, 3.05) is 26.7 Å². The summed E-state index contributed by atoms with van der Waals surface area (Å²) < 4.78 is 5.27. The van der Waals surface area contributed by atoms with Gasteiger partial charge >= 0.3 is 0 Å². The molecular formula is C28H30N2O3. The maximum atomic E-state index is 13.0. The molecule has 1 N–H and O–H groups in total. The monoisotopic (exact) mass is 442 g/mol. The number of methoxy groups -OCH3 is 1. The molecule has 0 spiro atoms. The van der Waals surface area contributed by atoms with Gasteiger partial charge in [-0.1, -0.05) is 60.7 Å². The second-order valence-corrected chi connectivity index (χ2v) is 8.58. The van der Waals surface area contributed by atoms with Crippen LogP contribution < -0.4 is 10.1 Å². The Morgan fingerprint density at radius 3 is 2.64 bits per heavy atom. The van der Waals surface area contributed by atoms with Crippen molar-refractivity contribution in [3.8, 4) is 16.9 Å². The van der Waals surface area contributed by atoms with Gasteiger partial charge in [0.05, 0.1) is 19.4 Å². The molecular weight excluding hydrogens is 412 g/mol. The number of carbonyl (C=O) groups is 2. The molecule has 170 valence electrons. The van der Waals surface area contributed by atoms with E-state index in [1.807, 2.05) is 47.4 Å². The highest BCUT2D eigenvalue weighted by molar-refractivity contribution is 5.83. The van der Waals surface area contributed by atoms with Crippen LogP contribution in [0.3, 0.4) is 0 Å². The number of ether oxygens (including phenoxy) is 1.